The molecule has 0 aliphatic carbocycles. The largest absolute Gasteiger partial charge is 0.573 e. The lowest BCUT2D eigenvalue weighted by Gasteiger charge is -2.47. The van der Waals surface area contributed by atoms with Gasteiger partial charge in [-0.15, -0.1) is 13.2 Å². The van der Waals surface area contributed by atoms with Crippen molar-refractivity contribution in [3.63, 3.8) is 0 Å². The van der Waals surface area contributed by atoms with Crippen molar-refractivity contribution in [3.05, 3.63) is 36.0 Å². The fourth-order valence-electron chi connectivity index (χ4n) is 5.45. The van der Waals surface area contributed by atoms with E-state index in [1.54, 1.807) is 16.8 Å². The predicted octanol–water partition coefficient (Wildman–Crippen LogP) is 3.31. The van der Waals surface area contributed by atoms with Crippen LogP contribution >= 0.6 is 0 Å². The Bertz CT molecular complexity index is 959. The van der Waals surface area contributed by atoms with Gasteiger partial charge < -0.3 is 14.4 Å². The van der Waals surface area contributed by atoms with Crippen LogP contribution in [-0.2, 0) is 4.74 Å². The Morgan fingerprint density at radius 3 is 2.56 bits per heavy atom. The van der Waals surface area contributed by atoms with Crippen molar-refractivity contribution in [2.24, 2.45) is 5.92 Å². The number of alkyl halides is 3. The Hall–Kier alpha value is -2.30. The number of nitrogens with zero attached hydrogens (tertiary/aromatic N) is 5. The number of halogens is 3. The van der Waals surface area contributed by atoms with Gasteiger partial charge in [-0.25, -0.2) is 4.68 Å². The van der Waals surface area contributed by atoms with E-state index in [2.05, 4.69) is 25.5 Å². The summed E-state index contributed by atoms with van der Waals surface area (Å²) >= 11 is 0. The van der Waals surface area contributed by atoms with E-state index in [1.807, 2.05) is 6.92 Å². The first-order valence-electron chi connectivity index (χ1n) is 12.1. The lowest BCUT2D eigenvalue weighted by Crippen LogP contribution is -2.57. The van der Waals surface area contributed by atoms with E-state index in [1.165, 1.54) is 25.0 Å². The summed E-state index contributed by atoms with van der Waals surface area (Å²) in [5.41, 5.74) is 1.65. The van der Waals surface area contributed by atoms with E-state index in [0.29, 0.717) is 11.7 Å². The Labute approximate surface area is 198 Å². The summed E-state index contributed by atoms with van der Waals surface area (Å²) in [5.74, 6) is 1.40. The normalized spacial score (nSPS) is 24.8. The van der Waals surface area contributed by atoms with E-state index < -0.39 is 6.36 Å². The predicted molar refractivity (Wildman–Crippen MR) is 123 cm³/mol. The van der Waals surface area contributed by atoms with E-state index in [0.717, 1.165) is 76.5 Å². The molecule has 2 atom stereocenters. The van der Waals surface area contributed by atoms with Crippen LogP contribution in [0.3, 0.4) is 0 Å². The molecule has 0 spiro atoms. The molecule has 0 bridgehead atoms. The first kappa shape index (κ1) is 23.4. The summed E-state index contributed by atoms with van der Waals surface area (Å²) in [5, 5.41) is 4.80. The highest BCUT2D eigenvalue weighted by Gasteiger charge is 2.35. The van der Waals surface area contributed by atoms with Gasteiger partial charge in [0.15, 0.2) is 5.82 Å². The summed E-state index contributed by atoms with van der Waals surface area (Å²) < 4.78 is 48.6. The fourth-order valence-corrected chi connectivity index (χ4v) is 5.45. The number of anilines is 1. The third-order valence-electron chi connectivity index (χ3n) is 7.17. The molecule has 1 aromatic heterocycles. The van der Waals surface area contributed by atoms with Gasteiger partial charge in [0, 0.05) is 57.1 Å². The first-order valence-corrected chi connectivity index (χ1v) is 12.1. The van der Waals surface area contributed by atoms with Crippen LogP contribution in [0.25, 0.3) is 5.69 Å². The molecule has 2 unspecified atom stereocenters. The van der Waals surface area contributed by atoms with Crippen LogP contribution < -0.4 is 9.64 Å². The molecule has 34 heavy (non-hydrogen) atoms. The molecular weight excluding hydrogens is 447 g/mol. The summed E-state index contributed by atoms with van der Waals surface area (Å²) in [7, 11) is 0. The van der Waals surface area contributed by atoms with Gasteiger partial charge in [-0.2, -0.15) is 5.10 Å². The molecule has 3 aliphatic rings. The minimum atomic E-state index is -4.70. The van der Waals surface area contributed by atoms with Crippen LogP contribution in [0.15, 0.2) is 30.3 Å². The van der Waals surface area contributed by atoms with Crippen molar-refractivity contribution in [1.82, 2.24) is 19.6 Å². The molecule has 0 N–H and O–H groups in total. The smallest absolute Gasteiger partial charge is 0.406 e. The van der Waals surface area contributed by atoms with E-state index in [4.69, 9.17) is 9.84 Å². The molecule has 4 heterocycles. The number of morpholine rings is 1. The number of hydrogen-bond acceptors (Lipinski definition) is 6. The van der Waals surface area contributed by atoms with Crippen molar-refractivity contribution < 1.29 is 22.6 Å². The number of fused-ring (bicyclic) bond motifs is 1. The van der Waals surface area contributed by atoms with E-state index in [9.17, 15) is 13.2 Å². The van der Waals surface area contributed by atoms with E-state index in [-0.39, 0.29) is 5.75 Å². The van der Waals surface area contributed by atoms with Crippen molar-refractivity contribution in [2.75, 3.05) is 63.9 Å². The van der Waals surface area contributed by atoms with Gasteiger partial charge in [-0.05, 0) is 56.5 Å². The Kier molecular flexibility index (Phi) is 6.72. The second-order valence-corrected chi connectivity index (χ2v) is 9.54. The molecule has 1 aromatic carbocycles. The van der Waals surface area contributed by atoms with Gasteiger partial charge in [0.25, 0.3) is 0 Å². The number of ether oxygens (including phenoxy) is 2. The third kappa shape index (κ3) is 5.50. The van der Waals surface area contributed by atoms with Crippen molar-refractivity contribution >= 4 is 5.82 Å². The molecule has 7 nitrogen and oxygen atoms in total. The second kappa shape index (κ2) is 9.75. The number of aryl methyl sites for hydroxylation is 1. The van der Waals surface area contributed by atoms with Crippen LogP contribution in [-0.4, -0.2) is 91.0 Å². The highest BCUT2D eigenvalue weighted by molar-refractivity contribution is 5.45. The molecule has 0 amide bonds. The Morgan fingerprint density at radius 1 is 1.06 bits per heavy atom. The summed E-state index contributed by atoms with van der Waals surface area (Å²) in [6, 6.07) is 8.42. The number of piperidine rings is 1. The van der Waals surface area contributed by atoms with Crippen LogP contribution in [0.2, 0.25) is 0 Å². The maximum absolute atomic E-state index is 12.4. The van der Waals surface area contributed by atoms with Crippen LogP contribution in [0.4, 0.5) is 19.0 Å². The minimum Gasteiger partial charge on any atom is -0.406 e. The summed E-state index contributed by atoms with van der Waals surface area (Å²) in [6.45, 7) is 11.0. The Morgan fingerprint density at radius 2 is 1.82 bits per heavy atom. The molecule has 186 valence electrons. The summed E-state index contributed by atoms with van der Waals surface area (Å²) in [4.78, 5) is 7.51. The molecule has 3 saturated heterocycles. The van der Waals surface area contributed by atoms with Gasteiger partial charge in [0.1, 0.15) is 5.75 Å². The lowest BCUT2D eigenvalue weighted by atomic mass is 9.88. The molecule has 10 heteroatoms. The van der Waals surface area contributed by atoms with Gasteiger partial charge in [-0.3, -0.25) is 9.80 Å². The van der Waals surface area contributed by atoms with Gasteiger partial charge in [0.05, 0.1) is 18.9 Å². The van der Waals surface area contributed by atoms with E-state index >= 15 is 0 Å². The topological polar surface area (TPSA) is 46.0 Å². The number of piperazine rings is 1. The van der Waals surface area contributed by atoms with Crippen molar-refractivity contribution in [1.29, 1.82) is 0 Å². The van der Waals surface area contributed by atoms with Crippen LogP contribution in [0, 0.1) is 12.8 Å². The van der Waals surface area contributed by atoms with Crippen molar-refractivity contribution in [2.45, 2.75) is 32.2 Å². The molecule has 3 aliphatic heterocycles. The third-order valence-corrected chi connectivity index (χ3v) is 7.17. The van der Waals surface area contributed by atoms with Crippen LogP contribution in [0.1, 0.15) is 18.5 Å². The van der Waals surface area contributed by atoms with Gasteiger partial charge in [-0.1, -0.05) is 0 Å². The molecule has 3 fully saturated rings. The summed E-state index contributed by atoms with van der Waals surface area (Å²) in [6.07, 6.45) is -2.23. The highest BCUT2D eigenvalue weighted by Crippen LogP contribution is 2.30. The average Bonchev–Trinajstić information content (AvgIpc) is 3.20. The van der Waals surface area contributed by atoms with Crippen molar-refractivity contribution in [3.8, 4) is 11.4 Å². The quantitative estimate of drug-likeness (QED) is 0.656. The highest BCUT2D eigenvalue weighted by atomic mass is 19.4. The molecule has 2 aromatic rings. The zero-order valence-corrected chi connectivity index (χ0v) is 19.5. The number of benzene rings is 1. The average molecular weight is 480 g/mol. The fraction of sp³-hybridized carbons (Fsp3) is 0.625. The zero-order chi connectivity index (χ0) is 23.7. The Balaban J connectivity index is 1.23. The van der Waals surface area contributed by atoms with Gasteiger partial charge in [0.2, 0.25) is 0 Å². The molecule has 0 saturated carbocycles. The SMILES string of the molecule is Cc1cc(N2CCN3CCC(CN4CCOCC4)CC3C2)nn1-c1ccc(OC(F)(F)F)cc1. The lowest BCUT2D eigenvalue weighted by molar-refractivity contribution is -0.274. The van der Waals surface area contributed by atoms with Crippen LogP contribution in [0.5, 0.6) is 5.75 Å². The zero-order valence-electron chi connectivity index (χ0n) is 19.5. The number of aromatic nitrogens is 2. The monoisotopic (exact) mass is 479 g/mol. The van der Waals surface area contributed by atoms with Gasteiger partial charge >= 0.3 is 6.36 Å². The maximum Gasteiger partial charge on any atom is 0.573 e. The maximum atomic E-state index is 12.4. The molecule has 0 radical (unpaired) electrons. The molecule has 5 rings (SSSR count). The molecular formula is C24H32F3N5O2. The first-order chi connectivity index (χ1) is 16.3. The second-order valence-electron chi connectivity index (χ2n) is 9.54. The standard InChI is InChI=1S/C24H32F3N5O2/c1-18-14-23(28-32(18)20-2-4-22(5-3-20)34-24(25,26)27)31-9-8-30-7-6-19(15-21(30)17-31)16-29-10-12-33-13-11-29/h2-5,14,19,21H,6-13,15-17H2,1H3. The number of hydrogen-bond donors (Lipinski definition) is 0. The minimum absolute atomic E-state index is 0.235. The number of rotatable bonds is 5.